The molecule has 1 heterocycles. The molecule has 2 aromatic carbocycles. The van der Waals surface area contributed by atoms with E-state index >= 15 is 0 Å². The molecule has 0 aromatic heterocycles. The molecule has 2 N–H and O–H groups in total. The summed E-state index contributed by atoms with van der Waals surface area (Å²) in [7, 11) is -3.79. The fraction of sp³-hybridized carbons (Fsp3) is 0.391. The maximum atomic E-state index is 13.4. The normalized spacial score (nSPS) is 17.0. The molecule has 2 amide bonds. The van der Waals surface area contributed by atoms with E-state index in [4.69, 9.17) is 0 Å². The van der Waals surface area contributed by atoms with Crippen molar-refractivity contribution >= 4 is 21.8 Å². The van der Waals surface area contributed by atoms with Gasteiger partial charge in [-0.05, 0) is 55.5 Å². The van der Waals surface area contributed by atoms with Crippen LogP contribution in [0.5, 0.6) is 0 Å². The lowest BCUT2D eigenvalue weighted by molar-refractivity contribution is -0.139. The number of carbonyl (C=O) groups excluding carboxylic acids is 2. The maximum Gasteiger partial charge on any atom is 0.309 e. The lowest BCUT2D eigenvalue weighted by Gasteiger charge is -2.35. The van der Waals surface area contributed by atoms with E-state index < -0.39 is 27.7 Å². The third-order valence-corrected chi connectivity index (χ3v) is 7.67. The molecule has 1 fully saturated rings. The first-order chi connectivity index (χ1) is 15.3. The largest absolute Gasteiger partial charge is 0.348 e. The molecule has 172 valence electrons. The Kier molecular flexibility index (Phi) is 7.98. The molecule has 2 aromatic rings. The van der Waals surface area contributed by atoms with Crippen molar-refractivity contribution < 1.29 is 22.4 Å². The van der Waals surface area contributed by atoms with Crippen LogP contribution in [-0.4, -0.2) is 43.7 Å². The highest BCUT2D eigenvalue weighted by molar-refractivity contribution is 7.89. The van der Waals surface area contributed by atoms with Crippen molar-refractivity contribution in [2.75, 3.05) is 13.1 Å². The van der Waals surface area contributed by atoms with Crippen LogP contribution in [0.25, 0.3) is 0 Å². The van der Waals surface area contributed by atoms with Crippen LogP contribution in [0.4, 0.5) is 4.39 Å². The molecular formula is C23H28FN3O4S. The van der Waals surface area contributed by atoms with Crippen molar-refractivity contribution in [3.05, 3.63) is 65.5 Å². The zero-order chi connectivity index (χ0) is 23.1. The highest BCUT2D eigenvalue weighted by Crippen LogP contribution is 2.28. The third-order valence-electron chi connectivity index (χ3n) is 5.56. The number of amides is 2. The molecule has 3 rings (SSSR count). The van der Waals surface area contributed by atoms with Crippen LogP contribution in [0.3, 0.4) is 0 Å². The Morgan fingerprint density at radius 1 is 1.06 bits per heavy atom. The van der Waals surface area contributed by atoms with Gasteiger partial charge in [-0.25, -0.2) is 12.8 Å². The smallest absolute Gasteiger partial charge is 0.309 e. The van der Waals surface area contributed by atoms with Crippen LogP contribution in [0.2, 0.25) is 0 Å². The Balaban J connectivity index is 1.56. The lowest BCUT2D eigenvalue weighted by atomic mass is 10.0. The van der Waals surface area contributed by atoms with Crippen molar-refractivity contribution in [3.8, 4) is 0 Å². The average Bonchev–Trinajstić information content (AvgIpc) is 2.78. The van der Waals surface area contributed by atoms with E-state index in [0.29, 0.717) is 24.9 Å². The van der Waals surface area contributed by atoms with Gasteiger partial charge < -0.3 is 10.6 Å². The van der Waals surface area contributed by atoms with Crippen LogP contribution in [-0.2, 0) is 26.2 Å². The van der Waals surface area contributed by atoms with Crippen molar-refractivity contribution in [2.24, 2.45) is 0 Å². The Hall–Kier alpha value is -2.78. The summed E-state index contributed by atoms with van der Waals surface area (Å²) in [4.78, 5) is 24.2. The van der Waals surface area contributed by atoms with Gasteiger partial charge in [0.25, 0.3) is 0 Å². The molecule has 7 nitrogen and oxygen atoms in total. The minimum atomic E-state index is -3.79. The summed E-state index contributed by atoms with van der Waals surface area (Å²) >= 11 is 0. The van der Waals surface area contributed by atoms with Crippen molar-refractivity contribution in [2.45, 2.75) is 50.1 Å². The molecule has 9 heteroatoms. The van der Waals surface area contributed by atoms with Gasteiger partial charge in [-0.3, -0.25) is 9.59 Å². The number of rotatable bonds is 7. The monoisotopic (exact) mass is 461 g/mol. The van der Waals surface area contributed by atoms with Gasteiger partial charge in [-0.1, -0.05) is 36.8 Å². The highest BCUT2D eigenvalue weighted by atomic mass is 32.2. The number of aryl methyl sites for hydroxylation is 1. The second-order valence-electron chi connectivity index (χ2n) is 7.89. The van der Waals surface area contributed by atoms with E-state index in [-0.39, 0.29) is 24.0 Å². The minimum absolute atomic E-state index is 0.0927. The summed E-state index contributed by atoms with van der Waals surface area (Å²) in [5, 5.41) is 5.14. The first-order valence-electron chi connectivity index (χ1n) is 10.7. The molecule has 32 heavy (non-hydrogen) atoms. The van der Waals surface area contributed by atoms with Gasteiger partial charge in [-0.2, -0.15) is 4.31 Å². The van der Waals surface area contributed by atoms with Crippen molar-refractivity contribution in [3.63, 3.8) is 0 Å². The Morgan fingerprint density at radius 3 is 2.50 bits per heavy atom. The summed E-state index contributed by atoms with van der Waals surface area (Å²) in [5.41, 5.74) is 1.24. The van der Waals surface area contributed by atoms with E-state index in [1.807, 2.05) is 30.3 Å². The van der Waals surface area contributed by atoms with Gasteiger partial charge in [0.05, 0.1) is 4.90 Å². The predicted molar refractivity (Wildman–Crippen MR) is 119 cm³/mol. The summed E-state index contributed by atoms with van der Waals surface area (Å²) in [5.74, 6) is -1.96. The molecular weight excluding hydrogens is 433 g/mol. The number of carbonyl (C=O) groups is 2. The third kappa shape index (κ3) is 5.92. The van der Waals surface area contributed by atoms with E-state index in [2.05, 4.69) is 10.6 Å². The number of hydrogen-bond donors (Lipinski definition) is 2. The second-order valence-corrected chi connectivity index (χ2v) is 9.75. The van der Waals surface area contributed by atoms with Crippen LogP contribution in [0.15, 0.2) is 53.4 Å². The van der Waals surface area contributed by atoms with Crippen LogP contribution in [0.1, 0.15) is 36.8 Å². The zero-order valence-electron chi connectivity index (χ0n) is 18.0. The molecule has 0 bridgehead atoms. The Morgan fingerprint density at radius 2 is 1.78 bits per heavy atom. The number of benzene rings is 2. The van der Waals surface area contributed by atoms with Gasteiger partial charge >= 0.3 is 11.8 Å². The average molecular weight is 462 g/mol. The molecule has 0 radical (unpaired) electrons. The predicted octanol–water partition coefficient (Wildman–Crippen LogP) is 2.50. The molecule has 1 atom stereocenters. The molecule has 0 saturated carbocycles. The fourth-order valence-corrected chi connectivity index (χ4v) is 5.83. The summed E-state index contributed by atoms with van der Waals surface area (Å²) in [6, 6.07) is 12.6. The molecule has 1 saturated heterocycles. The number of halogens is 1. The quantitative estimate of drug-likeness (QED) is 0.620. The molecule has 0 unspecified atom stereocenters. The molecule has 0 spiro atoms. The van der Waals surface area contributed by atoms with Gasteiger partial charge in [0.1, 0.15) is 5.82 Å². The van der Waals surface area contributed by atoms with E-state index in [0.717, 1.165) is 24.5 Å². The summed E-state index contributed by atoms with van der Waals surface area (Å²) in [6.45, 7) is 2.37. The van der Waals surface area contributed by atoms with Gasteiger partial charge in [-0.15, -0.1) is 0 Å². The first-order valence-corrected chi connectivity index (χ1v) is 12.1. The number of nitrogens with zero attached hydrogens (tertiary/aromatic N) is 1. The fourth-order valence-electron chi connectivity index (χ4n) is 3.90. The second kappa shape index (κ2) is 10.7. The SMILES string of the molecule is Cc1cc(F)ccc1S(=O)(=O)N1CCCC[C@@H]1CCNC(=O)C(=O)NCc1ccccc1. The lowest BCUT2D eigenvalue weighted by Crippen LogP contribution is -2.46. The number of nitrogens with one attached hydrogen (secondary N) is 2. The zero-order valence-corrected chi connectivity index (χ0v) is 18.8. The van der Waals surface area contributed by atoms with E-state index in [9.17, 15) is 22.4 Å². The molecule has 1 aliphatic rings. The van der Waals surface area contributed by atoms with Crippen molar-refractivity contribution in [1.82, 2.24) is 14.9 Å². The van der Waals surface area contributed by atoms with Crippen molar-refractivity contribution in [1.29, 1.82) is 0 Å². The van der Waals surface area contributed by atoms with Crippen LogP contribution in [0, 0.1) is 12.7 Å². The van der Waals surface area contributed by atoms with Gasteiger partial charge in [0, 0.05) is 25.7 Å². The topological polar surface area (TPSA) is 95.6 Å². The summed E-state index contributed by atoms with van der Waals surface area (Å²) in [6.07, 6.45) is 2.67. The van der Waals surface area contributed by atoms with Gasteiger partial charge in [0.2, 0.25) is 10.0 Å². The number of sulfonamides is 1. The molecule has 0 aliphatic carbocycles. The molecule has 1 aliphatic heterocycles. The number of hydrogen-bond acceptors (Lipinski definition) is 4. The minimum Gasteiger partial charge on any atom is -0.348 e. The number of piperidine rings is 1. The first kappa shape index (κ1) is 23.9. The van der Waals surface area contributed by atoms with E-state index in [1.54, 1.807) is 6.92 Å². The van der Waals surface area contributed by atoms with Crippen LogP contribution < -0.4 is 10.6 Å². The standard InChI is InChI=1S/C23H28FN3O4S/c1-17-15-19(24)10-11-21(17)32(30,31)27-14-6-5-9-20(27)12-13-25-22(28)23(29)26-16-18-7-3-2-4-8-18/h2-4,7-8,10-11,15,20H,5-6,9,12-14,16H2,1H3,(H,25,28)(H,26,29)/t20-/m1/s1. The Bertz CT molecular complexity index is 1060. The maximum absolute atomic E-state index is 13.4. The Labute approximate surface area is 188 Å². The highest BCUT2D eigenvalue weighted by Gasteiger charge is 2.34. The van der Waals surface area contributed by atoms with E-state index in [1.165, 1.54) is 16.4 Å². The van der Waals surface area contributed by atoms with Gasteiger partial charge in [0.15, 0.2) is 0 Å². The summed E-state index contributed by atoms with van der Waals surface area (Å²) < 4.78 is 41.3. The van der Waals surface area contributed by atoms with Crippen LogP contribution >= 0.6 is 0 Å².